The van der Waals surface area contributed by atoms with Gasteiger partial charge in [0, 0.05) is 44.7 Å². The summed E-state index contributed by atoms with van der Waals surface area (Å²) in [5.41, 5.74) is 2.67. The molecule has 0 saturated heterocycles. The van der Waals surface area contributed by atoms with E-state index in [0.717, 1.165) is 11.3 Å². The first kappa shape index (κ1) is 16.5. The van der Waals surface area contributed by atoms with Crippen molar-refractivity contribution in [2.75, 3.05) is 30.9 Å². The highest BCUT2D eigenvalue weighted by Crippen LogP contribution is 2.27. The predicted octanol–water partition coefficient (Wildman–Crippen LogP) is 3.25. The second-order valence-electron chi connectivity index (χ2n) is 5.55. The van der Waals surface area contributed by atoms with E-state index in [4.69, 9.17) is 0 Å². The van der Waals surface area contributed by atoms with Crippen LogP contribution in [0.1, 0.15) is 15.9 Å². The maximum absolute atomic E-state index is 12.8. The molecule has 0 unspecified atom stereocenters. The van der Waals surface area contributed by atoms with Crippen molar-refractivity contribution in [3.05, 3.63) is 63.7 Å². The zero-order valence-electron chi connectivity index (χ0n) is 13.6. The number of hydrogen-bond donors (Lipinski definition) is 0. The summed E-state index contributed by atoms with van der Waals surface area (Å²) < 4.78 is 0. The van der Waals surface area contributed by atoms with Crippen LogP contribution in [0.2, 0.25) is 0 Å². The number of nitro benzene ring substituents is 1. The fourth-order valence-corrected chi connectivity index (χ4v) is 2.27. The summed E-state index contributed by atoms with van der Waals surface area (Å²) in [6, 6.07) is 11.8. The van der Waals surface area contributed by atoms with E-state index >= 15 is 0 Å². The molecule has 0 aliphatic heterocycles. The number of rotatable bonds is 4. The molecular weight excluding hydrogens is 294 g/mol. The summed E-state index contributed by atoms with van der Waals surface area (Å²) in [5.74, 6) is -0.291. The molecule has 23 heavy (non-hydrogen) atoms. The Hall–Kier alpha value is -2.89. The number of carbonyl (C=O) groups is 1. The first-order valence-corrected chi connectivity index (χ1v) is 7.11. The van der Waals surface area contributed by atoms with E-state index in [1.54, 1.807) is 32.1 Å². The van der Waals surface area contributed by atoms with Gasteiger partial charge in [-0.25, -0.2) is 0 Å². The van der Waals surface area contributed by atoms with Crippen LogP contribution in [-0.2, 0) is 0 Å². The fourth-order valence-electron chi connectivity index (χ4n) is 2.27. The van der Waals surface area contributed by atoms with Crippen LogP contribution in [0.5, 0.6) is 0 Å². The number of hydrogen-bond acceptors (Lipinski definition) is 4. The number of amides is 1. The minimum atomic E-state index is -0.498. The summed E-state index contributed by atoms with van der Waals surface area (Å²) >= 11 is 0. The number of non-ortho nitro benzene ring substituents is 1. The molecule has 0 saturated carbocycles. The van der Waals surface area contributed by atoms with Gasteiger partial charge in [-0.15, -0.1) is 0 Å². The quantitative estimate of drug-likeness (QED) is 0.642. The van der Waals surface area contributed by atoms with Crippen molar-refractivity contribution >= 4 is 23.0 Å². The second-order valence-corrected chi connectivity index (χ2v) is 5.55. The molecule has 6 nitrogen and oxygen atoms in total. The van der Waals surface area contributed by atoms with Gasteiger partial charge in [0.2, 0.25) is 0 Å². The molecular formula is C17H19N3O3. The Balaban J connectivity index is 2.45. The fraction of sp³-hybridized carbons (Fsp3) is 0.235. The molecule has 1 amide bonds. The van der Waals surface area contributed by atoms with Crippen LogP contribution < -0.4 is 9.80 Å². The highest BCUT2D eigenvalue weighted by molar-refractivity contribution is 6.09. The molecule has 6 heteroatoms. The van der Waals surface area contributed by atoms with E-state index in [1.165, 1.54) is 17.0 Å². The normalized spacial score (nSPS) is 10.3. The van der Waals surface area contributed by atoms with Crippen LogP contribution >= 0.6 is 0 Å². The van der Waals surface area contributed by atoms with Crippen molar-refractivity contribution < 1.29 is 9.72 Å². The van der Waals surface area contributed by atoms with Crippen LogP contribution in [0.4, 0.5) is 17.1 Å². The number of nitro groups is 1. The van der Waals surface area contributed by atoms with Crippen molar-refractivity contribution in [2.24, 2.45) is 0 Å². The Morgan fingerprint density at radius 1 is 1.04 bits per heavy atom. The lowest BCUT2D eigenvalue weighted by atomic mass is 10.1. The SMILES string of the molecule is Cc1ccc(N(C)C(=O)c2cc([N+](=O)[O-])ccc2N(C)C)cc1. The van der Waals surface area contributed by atoms with E-state index in [1.807, 2.05) is 31.2 Å². The molecule has 0 radical (unpaired) electrons. The first-order chi connectivity index (χ1) is 10.8. The molecule has 0 aliphatic carbocycles. The first-order valence-electron chi connectivity index (χ1n) is 7.11. The van der Waals surface area contributed by atoms with Crippen molar-refractivity contribution in [1.82, 2.24) is 0 Å². The second kappa shape index (κ2) is 6.48. The minimum Gasteiger partial charge on any atom is -0.377 e. The average molecular weight is 313 g/mol. The number of aryl methyl sites for hydroxylation is 1. The van der Waals surface area contributed by atoms with Gasteiger partial charge in [-0.3, -0.25) is 14.9 Å². The maximum Gasteiger partial charge on any atom is 0.270 e. The molecule has 0 aliphatic rings. The molecule has 2 aromatic rings. The highest BCUT2D eigenvalue weighted by Gasteiger charge is 2.21. The number of benzene rings is 2. The number of nitrogens with zero attached hydrogens (tertiary/aromatic N) is 3. The third-order valence-electron chi connectivity index (χ3n) is 3.63. The molecule has 0 heterocycles. The van der Waals surface area contributed by atoms with E-state index in [0.29, 0.717) is 11.3 Å². The molecule has 0 spiro atoms. The van der Waals surface area contributed by atoms with E-state index < -0.39 is 4.92 Å². The van der Waals surface area contributed by atoms with Gasteiger partial charge in [-0.2, -0.15) is 0 Å². The molecule has 0 N–H and O–H groups in total. The predicted molar refractivity (Wildman–Crippen MR) is 91.3 cm³/mol. The van der Waals surface area contributed by atoms with E-state index in [9.17, 15) is 14.9 Å². The number of anilines is 2. The monoisotopic (exact) mass is 313 g/mol. The van der Waals surface area contributed by atoms with Gasteiger partial charge in [0.1, 0.15) is 0 Å². The average Bonchev–Trinajstić information content (AvgIpc) is 2.53. The molecule has 120 valence electrons. The molecule has 0 bridgehead atoms. The summed E-state index contributed by atoms with van der Waals surface area (Å²) in [4.78, 5) is 26.6. The van der Waals surface area contributed by atoms with Crippen LogP contribution in [0.3, 0.4) is 0 Å². The van der Waals surface area contributed by atoms with Crippen LogP contribution in [0.15, 0.2) is 42.5 Å². The standard InChI is InChI=1S/C17H19N3O3/c1-12-5-7-13(8-6-12)19(4)17(21)15-11-14(20(22)23)9-10-16(15)18(2)3/h5-11H,1-4H3. The molecule has 2 rings (SSSR count). The topological polar surface area (TPSA) is 66.7 Å². The van der Waals surface area contributed by atoms with E-state index in [2.05, 4.69) is 0 Å². The van der Waals surface area contributed by atoms with Gasteiger partial charge in [-0.1, -0.05) is 17.7 Å². The summed E-state index contributed by atoms with van der Waals surface area (Å²) in [6.07, 6.45) is 0. The molecule has 0 aromatic heterocycles. The maximum atomic E-state index is 12.8. The van der Waals surface area contributed by atoms with Crippen LogP contribution in [-0.4, -0.2) is 32.0 Å². The van der Waals surface area contributed by atoms with Gasteiger partial charge in [0.05, 0.1) is 10.5 Å². The van der Waals surface area contributed by atoms with Gasteiger partial charge in [0.15, 0.2) is 0 Å². The summed E-state index contributed by atoms with van der Waals surface area (Å²) in [7, 11) is 5.25. The third kappa shape index (κ3) is 3.48. The smallest absolute Gasteiger partial charge is 0.270 e. The third-order valence-corrected chi connectivity index (χ3v) is 3.63. The Morgan fingerprint density at radius 3 is 2.17 bits per heavy atom. The van der Waals surface area contributed by atoms with Crippen LogP contribution in [0, 0.1) is 17.0 Å². The van der Waals surface area contributed by atoms with Gasteiger partial charge in [0.25, 0.3) is 11.6 Å². The van der Waals surface area contributed by atoms with Crippen molar-refractivity contribution in [3.63, 3.8) is 0 Å². The molecule has 0 atom stereocenters. The minimum absolute atomic E-state index is 0.101. The summed E-state index contributed by atoms with van der Waals surface area (Å²) in [5, 5.41) is 11.0. The summed E-state index contributed by atoms with van der Waals surface area (Å²) in [6.45, 7) is 1.97. The van der Waals surface area contributed by atoms with Crippen LogP contribution in [0.25, 0.3) is 0 Å². The van der Waals surface area contributed by atoms with Crippen molar-refractivity contribution in [3.8, 4) is 0 Å². The Labute approximate surface area is 135 Å². The van der Waals surface area contributed by atoms with Crippen molar-refractivity contribution in [2.45, 2.75) is 6.92 Å². The lowest BCUT2D eigenvalue weighted by Crippen LogP contribution is -2.28. The lowest BCUT2D eigenvalue weighted by Gasteiger charge is -2.22. The van der Waals surface area contributed by atoms with E-state index in [-0.39, 0.29) is 11.6 Å². The van der Waals surface area contributed by atoms with Gasteiger partial charge >= 0.3 is 0 Å². The van der Waals surface area contributed by atoms with Gasteiger partial charge < -0.3 is 9.80 Å². The zero-order chi connectivity index (χ0) is 17.1. The van der Waals surface area contributed by atoms with Gasteiger partial charge in [-0.05, 0) is 25.1 Å². The zero-order valence-corrected chi connectivity index (χ0v) is 13.6. The number of carbonyl (C=O) groups excluding carboxylic acids is 1. The largest absolute Gasteiger partial charge is 0.377 e. The lowest BCUT2D eigenvalue weighted by molar-refractivity contribution is -0.384. The Kier molecular flexibility index (Phi) is 4.64. The highest BCUT2D eigenvalue weighted by atomic mass is 16.6. The Morgan fingerprint density at radius 2 is 1.65 bits per heavy atom. The Bertz CT molecular complexity index is 739. The molecule has 2 aromatic carbocycles. The van der Waals surface area contributed by atoms with Crippen molar-refractivity contribution in [1.29, 1.82) is 0 Å². The molecule has 0 fully saturated rings.